The Morgan fingerprint density at radius 2 is 1.84 bits per heavy atom. The summed E-state index contributed by atoms with van der Waals surface area (Å²) in [6.07, 6.45) is 1.35. The Labute approximate surface area is 183 Å². The predicted molar refractivity (Wildman–Crippen MR) is 117 cm³/mol. The minimum atomic E-state index is -1.14. The van der Waals surface area contributed by atoms with Gasteiger partial charge in [0.15, 0.2) is 11.5 Å². The lowest BCUT2D eigenvalue weighted by Crippen LogP contribution is -2.09. The van der Waals surface area contributed by atoms with Crippen LogP contribution in [0, 0.1) is 12.8 Å². The molecule has 0 aliphatic rings. The van der Waals surface area contributed by atoms with Gasteiger partial charge in [0.25, 0.3) is 0 Å². The smallest absolute Gasteiger partial charge is 0.348 e. The van der Waals surface area contributed by atoms with Crippen LogP contribution in [0.15, 0.2) is 18.5 Å². The van der Waals surface area contributed by atoms with Crippen molar-refractivity contribution >= 4 is 45.0 Å². The fraction of sp³-hybridized carbons (Fsp3) is 0.333. The number of methoxy groups -OCH3 is 2. The fourth-order valence-corrected chi connectivity index (χ4v) is 4.00. The molecule has 31 heavy (non-hydrogen) atoms. The second kappa shape index (κ2) is 9.17. The van der Waals surface area contributed by atoms with E-state index in [-0.39, 0.29) is 17.2 Å². The average Bonchev–Trinajstić information content (AvgIpc) is 3.09. The van der Waals surface area contributed by atoms with Crippen molar-refractivity contribution in [1.82, 2.24) is 9.97 Å². The Balaban J connectivity index is 2.07. The topological polar surface area (TPSA) is 120 Å². The molecule has 2 heterocycles. The molecule has 0 spiro atoms. The number of aromatic carboxylic acids is 1. The molecule has 0 atom stereocenters. The molecule has 0 fully saturated rings. The van der Waals surface area contributed by atoms with Gasteiger partial charge >= 0.3 is 11.9 Å². The number of carboxylic acid groups (broad SMARTS) is 1. The molecular formula is C21H23N3O6S. The molecule has 0 saturated heterocycles. The molecule has 164 valence electrons. The zero-order valence-electron chi connectivity index (χ0n) is 17.8. The van der Waals surface area contributed by atoms with Crippen LogP contribution < -0.4 is 14.8 Å². The molecule has 9 nitrogen and oxygen atoms in total. The molecule has 1 aromatic carbocycles. The molecular weight excluding hydrogens is 422 g/mol. The van der Waals surface area contributed by atoms with Crippen molar-refractivity contribution in [3.63, 3.8) is 0 Å². The van der Waals surface area contributed by atoms with Gasteiger partial charge in [-0.15, -0.1) is 11.3 Å². The number of hydrogen-bond donors (Lipinski definition) is 2. The van der Waals surface area contributed by atoms with Gasteiger partial charge in [0.05, 0.1) is 37.5 Å². The van der Waals surface area contributed by atoms with Crippen LogP contribution >= 0.6 is 11.3 Å². The molecule has 2 N–H and O–H groups in total. The van der Waals surface area contributed by atoms with Crippen molar-refractivity contribution in [3.8, 4) is 11.5 Å². The summed E-state index contributed by atoms with van der Waals surface area (Å²) in [5.74, 6) is -0.321. The van der Waals surface area contributed by atoms with Gasteiger partial charge in [-0.25, -0.2) is 19.6 Å². The van der Waals surface area contributed by atoms with E-state index in [1.807, 2.05) is 13.8 Å². The third kappa shape index (κ3) is 4.53. The minimum Gasteiger partial charge on any atom is -0.493 e. The maximum Gasteiger partial charge on any atom is 0.348 e. The summed E-state index contributed by atoms with van der Waals surface area (Å²) in [6, 6.07) is 2.90. The molecule has 2 aromatic heterocycles. The van der Waals surface area contributed by atoms with E-state index in [9.17, 15) is 14.7 Å². The largest absolute Gasteiger partial charge is 0.493 e. The fourth-order valence-electron chi connectivity index (χ4n) is 2.96. The van der Waals surface area contributed by atoms with Crippen molar-refractivity contribution in [2.24, 2.45) is 5.92 Å². The first-order chi connectivity index (χ1) is 14.8. The van der Waals surface area contributed by atoms with Crippen molar-refractivity contribution in [1.29, 1.82) is 0 Å². The first-order valence-corrected chi connectivity index (χ1v) is 10.3. The molecule has 0 amide bonds. The normalized spacial score (nSPS) is 10.9. The highest BCUT2D eigenvalue weighted by Crippen LogP contribution is 2.38. The Hall–Kier alpha value is -3.40. The quantitative estimate of drug-likeness (QED) is 0.490. The maximum atomic E-state index is 12.5. The van der Waals surface area contributed by atoms with E-state index in [2.05, 4.69) is 15.3 Å². The van der Waals surface area contributed by atoms with E-state index < -0.39 is 11.9 Å². The van der Waals surface area contributed by atoms with E-state index in [1.165, 1.54) is 44.0 Å². The van der Waals surface area contributed by atoms with Crippen LogP contribution in [-0.2, 0) is 4.74 Å². The highest BCUT2D eigenvalue weighted by atomic mass is 32.1. The monoisotopic (exact) mass is 445 g/mol. The zero-order valence-corrected chi connectivity index (χ0v) is 18.6. The van der Waals surface area contributed by atoms with Gasteiger partial charge in [0.2, 0.25) is 0 Å². The van der Waals surface area contributed by atoms with Gasteiger partial charge in [-0.3, -0.25) is 0 Å². The van der Waals surface area contributed by atoms with E-state index in [0.717, 1.165) is 0 Å². The van der Waals surface area contributed by atoms with E-state index in [0.29, 0.717) is 44.6 Å². The zero-order chi connectivity index (χ0) is 22.7. The lowest BCUT2D eigenvalue weighted by molar-refractivity contribution is 0.0463. The summed E-state index contributed by atoms with van der Waals surface area (Å²) >= 11 is 1.21. The average molecular weight is 445 g/mol. The first kappa shape index (κ1) is 22.3. The summed E-state index contributed by atoms with van der Waals surface area (Å²) in [7, 11) is 2.89. The number of nitrogens with one attached hydrogen (secondary N) is 1. The number of aryl methyl sites for hydroxylation is 1. The Morgan fingerprint density at radius 3 is 2.45 bits per heavy atom. The number of thiophene rings is 1. The summed E-state index contributed by atoms with van der Waals surface area (Å²) < 4.78 is 15.9. The van der Waals surface area contributed by atoms with E-state index in [1.54, 1.807) is 6.92 Å². The van der Waals surface area contributed by atoms with Gasteiger partial charge in [0, 0.05) is 12.1 Å². The second-order valence-electron chi connectivity index (χ2n) is 7.13. The number of ether oxygens (including phenoxy) is 3. The SMILES string of the molecule is COc1cc(Nc2ncnc3sc(C(=O)OCC(C)C)c(C)c23)c(C(=O)O)cc1OC. The number of benzene rings is 1. The molecule has 0 aliphatic heterocycles. The molecule has 10 heteroatoms. The molecule has 0 aliphatic carbocycles. The van der Waals surface area contributed by atoms with E-state index >= 15 is 0 Å². The standard InChI is InChI=1S/C21H23N3O6S/c1-10(2)8-30-21(27)17-11(3)16-18(22-9-23-19(16)31-17)24-13-7-15(29-5)14(28-4)6-12(13)20(25)26/h6-7,9-10H,8H2,1-5H3,(H,25,26)(H,22,23,24). The number of carboxylic acids is 1. The molecule has 0 radical (unpaired) electrons. The van der Waals surface area contributed by atoms with Gasteiger partial charge in [-0.2, -0.15) is 0 Å². The second-order valence-corrected chi connectivity index (χ2v) is 8.13. The van der Waals surface area contributed by atoms with Gasteiger partial charge in [0.1, 0.15) is 21.9 Å². The summed E-state index contributed by atoms with van der Waals surface area (Å²) in [5.41, 5.74) is 0.905. The minimum absolute atomic E-state index is 0.0196. The van der Waals surface area contributed by atoms with Crippen LogP contribution in [0.2, 0.25) is 0 Å². The maximum absolute atomic E-state index is 12.5. The summed E-state index contributed by atoms with van der Waals surface area (Å²) in [5, 5.41) is 13.3. The van der Waals surface area contributed by atoms with Crippen LogP contribution in [0.3, 0.4) is 0 Å². The third-order valence-electron chi connectivity index (χ3n) is 4.47. The molecule has 0 unspecified atom stereocenters. The summed E-state index contributed by atoms with van der Waals surface area (Å²) in [6.45, 7) is 6.02. The Bertz CT molecular complexity index is 1140. The van der Waals surface area contributed by atoms with Crippen molar-refractivity contribution in [2.45, 2.75) is 20.8 Å². The van der Waals surface area contributed by atoms with Gasteiger partial charge in [-0.1, -0.05) is 13.8 Å². The van der Waals surface area contributed by atoms with Crippen molar-refractivity contribution in [2.75, 3.05) is 26.1 Å². The number of carbonyl (C=O) groups is 2. The molecule has 0 bridgehead atoms. The first-order valence-electron chi connectivity index (χ1n) is 9.44. The van der Waals surface area contributed by atoms with Crippen molar-refractivity contribution < 1.29 is 28.9 Å². The summed E-state index contributed by atoms with van der Waals surface area (Å²) in [4.78, 5) is 33.9. The van der Waals surface area contributed by atoms with Crippen molar-refractivity contribution in [3.05, 3.63) is 34.5 Å². The number of hydrogen-bond acceptors (Lipinski definition) is 9. The highest BCUT2D eigenvalue weighted by Gasteiger charge is 2.22. The Kier molecular flexibility index (Phi) is 6.59. The molecule has 0 saturated carbocycles. The predicted octanol–water partition coefficient (Wildman–Crippen LogP) is 4.27. The lowest BCUT2D eigenvalue weighted by atomic mass is 10.1. The van der Waals surface area contributed by atoms with Crippen LogP contribution in [0.5, 0.6) is 11.5 Å². The van der Waals surface area contributed by atoms with Crippen LogP contribution in [-0.4, -0.2) is 47.8 Å². The molecule has 3 rings (SSSR count). The number of esters is 1. The molecule has 3 aromatic rings. The number of rotatable bonds is 8. The highest BCUT2D eigenvalue weighted by molar-refractivity contribution is 7.20. The van der Waals surface area contributed by atoms with Crippen LogP contribution in [0.1, 0.15) is 39.4 Å². The lowest BCUT2D eigenvalue weighted by Gasteiger charge is -2.14. The van der Waals surface area contributed by atoms with Gasteiger partial charge < -0.3 is 24.6 Å². The van der Waals surface area contributed by atoms with E-state index in [4.69, 9.17) is 14.2 Å². The number of fused-ring (bicyclic) bond motifs is 1. The number of aromatic nitrogens is 2. The number of carbonyl (C=O) groups excluding carboxylic acids is 1. The van der Waals surface area contributed by atoms with Gasteiger partial charge in [-0.05, 0) is 18.4 Å². The number of anilines is 2. The van der Waals surface area contributed by atoms with Crippen LogP contribution in [0.25, 0.3) is 10.2 Å². The van der Waals surface area contributed by atoms with Crippen LogP contribution in [0.4, 0.5) is 11.5 Å². The number of nitrogens with zero attached hydrogens (tertiary/aromatic N) is 2. The Morgan fingerprint density at radius 1 is 1.16 bits per heavy atom. The third-order valence-corrected chi connectivity index (χ3v) is 5.65.